The van der Waals surface area contributed by atoms with E-state index in [1.54, 1.807) is 18.2 Å². The lowest BCUT2D eigenvalue weighted by atomic mass is 10.1. The molecule has 0 aliphatic carbocycles. The second kappa shape index (κ2) is 8.65. The van der Waals surface area contributed by atoms with Gasteiger partial charge in [0.1, 0.15) is 24.6 Å². The van der Waals surface area contributed by atoms with Gasteiger partial charge in [0.15, 0.2) is 5.75 Å². The standard InChI is InChI=1S/C18H14BrCl2FN2O4/c19-11-6-9(4-5-14(11)22)15-17(26)24(18(27)23-15)7-10(25)8-28-16-12(20)2-1-3-13(16)21/h1-6,10,15,25H,7-8H2,(H,23,27). The molecule has 1 aliphatic rings. The summed E-state index contributed by atoms with van der Waals surface area (Å²) < 4.78 is 19.0. The number of halogens is 4. The van der Waals surface area contributed by atoms with Crippen LogP contribution in [0, 0.1) is 5.82 Å². The number of hydrogen-bond donors (Lipinski definition) is 2. The second-order valence-electron chi connectivity index (χ2n) is 6.02. The van der Waals surface area contributed by atoms with E-state index < -0.39 is 29.9 Å². The highest BCUT2D eigenvalue weighted by molar-refractivity contribution is 9.10. The molecule has 6 nitrogen and oxygen atoms in total. The number of amides is 3. The van der Waals surface area contributed by atoms with Gasteiger partial charge in [-0.25, -0.2) is 9.18 Å². The van der Waals surface area contributed by atoms with Gasteiger partial charge in [0.2, 0.25) is 0 Å². The molecule has 2 unspecified atom stereocenters. The normalized spacial score (nSPS) is 17.6. The molecular weight excluding hydrogens is 478 g/mol. The molecule has 0 aromatic heterocycles. The number of aliphatic hydroxyl groups is 1. The predicted octanol–water partition coefficient (Wildman–Crippen LogP) is 3.93. The van der Waals surface area contributed by atoms with Crippen LogP contribution < -0.4 is 10.1 Å². The molecule has 0 spiro atoms. The summed E-state index contributed by atoms with van der Waals surface area (Å²) in [5, 5.41) is 13.2. The Morgan fingerprint density at radius 3 is 2.57 bits per heavy atom. The molecule has 148 valence electrons. The Kier molecular flexibility index (Phi) is 6.44. The number of nitrogens with zero attached hydrogens (tertiary/aromatic N) is 1. The zero-order valence-corrected chi connectivity index (χ0v) is 17.3. The van der Waals surface area contributed by atoms with Crippen molar-refractivity contribution >= 4 is 51.1 Å². The molecule has 2 atom stereocenters. The molecule has 2 aromatic rings. The Morgan fingerprint density at radius 2 is 1.93 bits per heavy atom. The second-order valence-corrected chi connectivity index (χ2v) is 7.69. The minimum Gasteiger partial charge on any atom is -0.488 e. The summed E-state index contributed by atoms with van der Waals surface area (Å²) in [6.07, 6.45) is -1.17. The number of urea groups is 1. The van der Waals surface area contributed by atoms with E-state index in [0.717, 1.165) is 4.90 Å². The molecule has 2 aromatic carbocycles. The number of imide groups is 1. The Labute approximate surface area is 178 Å². The number of carbonyl (C=O) groups excluding carboxylic acids is 2. The van der Waals surface area contributed by atoms with Crippen LogP contribution in [0.3, 0.4) is 0 Å². The molecule has 0 bridgehead atoms. The molecule has 1 fully saturated rings. The minimum absolute atomic E-state index is 0.176. The first kappa shape index (κ1) is 20.9. The number of β-amino-alcohol motifs (C(OH)–C–C–N with tert-alkyl or cyclic N) is 1. The van der Waals surface area contributed by atoms with E-state index in [1.807, 2.05) is 0 Å². The molecule has 10 heteroatoms. The number of hydrogen-bond acceptors (Lipinski definition) is 4. The quantitative estimate of drug-likeness (QED) is 0.600. The summed E-state index contributed by atoms with van der Waals surface area (Å²) in [5.74, 6) is -0.836. The first-order valence-electron chi connectivity index (χ1n) is 8.09. The molecule has 1 saturated heterocycles. The predicted molar refractivity (Wildman–Crippen MR) is 105 cm³/mol. The number of nitrogens with one attached hydrogen (secondary N) is 1. The van der Waals surface area contributed by atoms with Crippen molar-refractivity contribution < 1.29 is 23.8 Å². The van der Waals surface area contributed by atoms with Crippen molar-refractivity contribution in [3.63, 3.8) is 0 Å². The van der Waals surface area contributed by atoms with E-state index in [9.17, 15) is 19.1 Å². The van der Waals surface area contributed by atoms with Crippen LogP contribution in [0.4, 0.5) is 9.18 Å². The van der Waals surface area contributed by atoms with Crippen molar-refractivity contribution in [1.82, 2.24) is 10.2 Å². The average Bonchev–Trinajstić information content (AvgIpc) is 2.92. The SMILES string of the molecule is O=C1NC(c2ccc(F)c(Br)c2)C(=O)N1CC(O)COc1c(Cl)cccc1Cl. The fraction of sp³-hybridized carbons (Fsp3) is 0.222. The van der Waals surface area contributed by atoms with Gasteiger partial charge in [-0.1, -0.05) is 35.3 Å². The molecule has 28 heavy (non-hydrogen) atoms. The van der Waals surface area contributed by atoms with Gasteiger partial charge in [-0.3, -0.25) is 9.69 Å². The number of para-hydroxylation sites is 1. The van der Waals surface area contributed by atoms with Crippen LogP contribution in [0.25, 0.3) is 0 Å². The van der Waals surface area contributed by atoms with Crippen molar-refractivity contribution in [3.8, 4) is 5.75 Å². The van der Waals surface area contributed by atoms with Crippen LogP contribution in [0.5, 0.6) is 5.75 Å². The lowest BCUT2D eigenvalue weighted by molar-refractivity contribution is -0.128. The van der Waals surface area contributed by atoms with Crippen LogP contribution in [0.2, 0.25) is 10.0 Å². The third-order valence-electron chi connectivity index (χ3n) is 4.04. The largest absolute Gasteiger partial charge is 0.488 e. The van der Waals surface area contributed by atoms with Crippen LogP contribution >= 0.6 is 39.1 Å². The fourth-order valence-corrected chi connectivity index (χ4v) is 3.58. The molecular formula is C18H14BrCl2FN2O4. The van der Waals surface area contributed by atoms with Gasteiger partial charge in [-0.05, 0) is 45.8 Å². The zero-order chi connectivity index (χ0) is 20.4. The summed E-state index contributed by atoms with van der Waals surface area (Å²) in [6, 6.07) is 7.20. The third kappa shape index (κ3) is 4.41. The molecule has 3 rings (SSSR count). The van der Waals surface area contributed by atoms with E-state index in [2.05, 4.69) is 21.2 Å². The summed E-state index contributed by atoms with van der Waals surface area (Å²) in [7, 11) is 0. The van der Waals surface area contributed by atoms with Gasteiger partial charge in [-0.2, -0.15) is 0 Å². The van der Waals surface area contributed by atoms with E-state index in [4.69, 9.17) is 27.9 Å². The Bertz CT molecular complexity index is 910. The number of benzene rings is 2. The van der Waals surface area contributed by atoms with Crippen LogP contribution in [0.15, 0.2) is 40.9 Å². The monoisotopic (exact) mass is 490 g/mol. The Hall–Kier alpha value is -1.87. The average molecular weight is 492 g/mol. The number of ether oxygens (including phenoxy) is 1. The zero-order valence-electron chi connectivity index (χ0n) is 14.2. The lowest BCUT2D eigenvalue weighted by Gasteiger charge is -2.19. The first-order chi connectivity index (χ1) is 13.3. The van der Waals surface area contributed by atoms with Crippen LogP contribution in [0.1, 0.15) is 11.6 Å². The van der Waals surface area contributed by atoms with Crippen molar-refractivity contribution in [2.75, 3.05) is 13.2 Å². The maximum Gasteiger partial charge on any atom is 0.325 e. The first-order valence-corrected chi connectivity index (χ1v) is 9.64. The third-order valence-corrected chi connectivity index (χ3v) is 5.24. The fourth-order valence-electron chi connectivity index (χ4n) is 2.67. The molecule has 1 aliphatic heterocycles. The van der Waals surface area contributed by atoms with Gasteiger partial charge in [0.25, 0.3) is 5.91 Å². The Morgan fingerprint density at radius 1 is 1.25 bits per heavy atom. The highest BCUT2D eigenvalue weighted by Crippen LogP contribution is 2.32. The number of rotatable bonds is 6. The van der Waals surface area contributed by atoms with Crippen LogP contribution in [-0.4, -0.2) is 41.2 Å². The van der Waals surface area contributed by atoms with Gasteiger partial charge in [0.05, 0.1) is 21.1 Å². The molecule has 3 amide bonds. The highest BCUT2D eigenvalue weighted by Gasteiger charge is 2.40. The minimum atomic E-state index is -1.17. The van der Waals surface area contributed by atoms with Gasteiger partial charge in [-0.15, -0.1) is 0 Å². The maximum absolute atomic E-state index is 13.4. The summed E-state index contributed by atoms with van der Waals surface area (Å²) in [4.78, 5) is 25.6. The lowest BCUT2D eigenvalue weighted by Crippen LogP contribution is -2.39. The van der Waals surface area contributed by atoms with Crippen molar-refractivity contribution in [2.24, 2.45) is 0 Å². The summed E-state index contributed by atoms with van der Waals surface area (Å²) in [5.41, 5.74) is 0.419. The van der Waals surface area contributed by atoms with Crippen LogP contribution in [-0.2, 0) is 4.79 Å². The van der Waals surface area contributed by atoms with Crippen molar-refractivity contribution in [3.05, 3.63) is 62.3 Å². The summed E-state index contributed by atoms with van der Waals surface area (Å²) >= 11 is 15.0. The van der Waals surface area contributed by atoms with E-state index in [0.29, 0.717) is 5.56 Å². The van der Waals surface area contributed by atoms with E-state index in [1.165, 1.54) is 18.2 Å². The molecule has 1 heterocycles. The smallest absolute Gasteiger partial charge is 0.325 e. The van der Waals surface area contributed by atoms with Gasteiger partial charge in [0, 0.05) is 0 Å². The maximum atomic E-state index is 13.4. The highest BCUT2D eigenvalue weighted by atomic mass is 79.9. The number of carbonyl (C=O) groups is 2. The number of aliphatic hydroxyl groups excluding tert-OH is 1. The van der Waals surface area contributed by atoms with E-state index >= 15 is 0 Å². The Balaban J connectivity index is 1.64. The molecule has 0 radical (unpaired) electrons. The molecule has 2 N–H and O–H groups in total. The topological polar surface area (TPSA) is 78.9 Å². The molecule has 0 saturated carbocycles. The van der Waals surface area contributed by atoms with Gasteiger partial charge < -0.3 is 15.2 Å². The van der Waals surface area contributed by atoms with Crippen molar-refractivity contribution in [2.45, 2.75) is 12.1 Å². The van der Waals surface area contributed by atoms with E-state index in [-0.39, 0.29) is 33.4 Å². The summed E-state index contributed by atoms with van der Waals surface area (Å²) in [6.45, 7) is -0.515. The van der Waals surface area contributed by atoms with Crippen molar-refractivity contribution in [1.29, 1.82) is 0 Å². The van der Waals surface area contributed by atoms with Gasteiger partial charge >= 0.3 is 6.03 Å².